The summed E-state index contributed by atoms with van der Waals surface area (Å²) in [6.07, 6.45) is 2.20. The van der Waals surface area contributed by atoms with Crippen molar-refractivity contribution < 1.29 is 9.84 Å². The second-order valence-corrected chi connectivity index (χ2v) is 4.17. The number of benzene rings is 1. The van der Waals surface area contributed by atoms with Crippen LogP contribution in [0.1, 0.15) is 32.8 Å². The lowest BCUT2D eigenvalue weighted by atomic mass is 10.0. The molecule has 0 unspecified atom stereocenters. The van der Waals surface area contributed by atoms with Crippen molar-refractivity contribution in [3.63, 3.8) is 0 Å². The average Bonchev–Trinajstić information content (AvgIpc) is 2.19. The van der Waals surface area contributed by atoms with Gasteiger partial charge in [-0.1, -0.05) is 19.9 Å². The molecule has 0 amide bonds. The van der Waals surface area contributed by atoms with Crippen molar-refractivity contribution in [1.82, 2.24) is 0 Å². The molecule has 84 valence electrons. The molecule has 0 radical (unpaired) electrons. The van der Waals surface area contributed by atoms with Crippen LogP contribution in [0.3, 0.4) is 0 Å². The van der Waals surface area contributed by atoms with Gasteiger partial charge in [0.2, 0.25) is 0 Å². The zero-order valence-electron chi connectivity index (χ0n) is 9.79. The monoisotopic (exact) mass is 208 g/mol. The molecule has 0 spiro atoms. The molecule has 0 aliphatic rings. The molecule has 0 aliphatic carbocycles. The van der Waals surface area contributed by atoms with Crippen LogP contribution in [-0.2, 0) is 6.42 Å². The molecule has 0 bridgehead atoms. The third-order valence-electron chi connectivity index (χ3n) is 2.33. The number of phenols is 1. The van der Waals surface area contributed by atoms with Crippen molar-refractivity contribution in [3.8, 4) is 11.5 Å². The number of phenolic OH excluding ortho intramolecular Hbond substituents is 1. The van der Waals surface area contributed by atoms with Gasteiger partial charge in [-0.3, -0.25) is 0 Å². The molecule has 2 heteroatoms. The molecule has 1 aromatic rings. The predicted molar refractivity (Wildman–Crippen MR) is 62.4 cm³/mol. The van der Waals surface area contributed by atoms with Crippen LogP contribution in [0.5, 0.6) is 11.5 Å². The molecule has 0 aliphatic heterocycles. The zero-order chi connectivity index (χ0) is 11.3. The molecule has 1 aromatic carbocycles. The van der Waals surface area contributed by atoms with Crippen molar-refractivity contribution in [2.75, 3.05) is 6.61 Å². The Balaban J connectivity index is 2.69. The lowest BCUT2D eigenvalue weighted by Gasteiger charge is -2.09. The van der Waals surface area contributed by atoms with Crippen LogP contribution in [0.4, 0.5) is 0 Å². The summed E-state index contributed by atoms with van der Waals surface area (Å²) in [5.74, 6) is 1.53. The Morgan fingerprint density at radius 1 is 1.33 bits per heavy atom. The van der Waals surface area contributed by atoms with E-state index in [4.69, 9.17) is 4.74 Å². The second kappa shape index (κ2) is 5.64. The first-order chi connectivity index (χ1) is 7.13. The summed E-state index contributed by atoms with van der Waals surface area (Å²) in [5.41, 5.74) is 1.23. The fraction of sp³-hybridized carbons (Fsp3) is 0.538. The largest absolute Gasteiger partial charge is 0.504 e. The SMILES string of the molecule is CCOc1cc(CCC(C)C)ccc1O. The minimum Gasteiger partial charge on any atom is -0.504 e. The van der Waals surface area contributed by atoms with Crippen LogP contribution in [0, 0.1) is 5.92 Å². The fourth-order valence-corrected chi connectivity index (χ4v) is 1.44. The van der Waals surface area contributed by atoms with Gasteiger partial charge >= 0.3 is 0 Å². The lowest BCUT2D eigenvalue weighted by Crippen LogP contribution is -1.95. The standard InChI is InChI=1S/C13H20O2/c1-4-15-13-9-11(6-5-10(2)3)7-8-12(13)14/h7-10,14H,4-6H2,1-3H3. The Kier molecular flexibility index (Phi) is 4.47. The van der Waals surface area contributed by atoms with Crippen molar-refractivity contribution in [2.24, 2.45) is 5.92 Å². The third-order valence-corrected chi connectivity index (χ3v) is 2.33. The number of aromatic hydroxyl groups is 1. The van der Waals surface area contributed by atoms with Crippen molar-refractivity contribution >= 4 is 0 Å². The van der Waals surface area contributed by atoms with Gasteiger partial charge in [-0.25, -0.2) is 0 Å². The third kappa shape index (κ3) is 3.82. The molecule has 0 aromatic heterocycles. The molecule has 2 nitrogen and oxygen atoms in total. The van der Waals surface area contributed by atoms with Gasteiger partial charge in [-0.2, -0.15) is 0 Å². The first-order valence-corrected chi connectivity index (χ1v) is 5.58. The highest BCUT2D eigenvalue weighted by Gasteiger charge is 2.04. The van der Waals surface area contributed by atoms with E-state index in [0.29, 0.717) is 18.3 Å². The summed E-state index contributed by atoms with van der Waals surface area (Å²) >= 11 is 0. The van der Waals surface area contributed by atoms with E-state index in [2.05, 4.69) is 13.8 Å². The van der Waals surface area contributed by atoms with Crippen LogP contribution in [0.25, 0.3) is 0 Å². The Morgan fingerprint density at radius 2 is 2.07 bits per heavy atom. The van der Waals surface area contributed by atoms with Gasteiger partial charge in [0.1, 0.15) is 0 Å². The number of hydrogen-bond acceptors (Lipinski definition) is 2. The maximum absolute atomic E-state index is 9.52. The molecular formula is C13H20O2. The van der Waals surface area contributed by atoms with Gasteiger partial charge in [0.05, 0.1) is 6.61 Å². The quantitative estimate of drug-likeness (QED) is 0.803. The van der Waals surface area contributed by atoms with Gasteiger partial charge in [0, 0.05) is 0 Å². The van der Waals surface area contributed by atoms with Gasteiger partial charge in [0.25, 0.3) is 0 Å². The van der Waals surface area contributed by atoms with E-state index in [1.54, 1.807) is 6.07 Å². The Bertz CT molecular complexity index is 305. The minimum absolute atomic E-state index is 0.227. The zero-order valence-corrected chi connectivity index (χ0v) is 9.79. The van der Waals surface area contributed by atoms with Crippen LogP contribution in [-0.4, -0.2) is 11.7 Å². The van der Waals surface area contributed by atoms with E-state index in [9.17, 15) is 5.11 Å². The van der Waals surface area contributed by atoms with E-state index in [0.717, 1.165) is 12.8 Å². The highest BCUT2D eigenvalue weighted by Crippen LogP contribution is 2.27. The summed E-state index contributed by atoms with van der Waals surface area (Å²) < 4.78 is 5.33. The van der Waals surface area contributed by atoms with E-state index >= 15 is 0 Å². The van der Waals surface area contributed by atoms with Crippen LogP contribution < -0.4 is 4.74 Å². The van der Waals surface area contributed by atoms with Crippen LogP contribution in [0.15, 0.2) is 18.2 Å². The highest BCUT2D eigenvalue weighted by molar-refractivity contribution is 5.41. The molecule has 0 atom stereocenters. The first kappa shape index (κ1) is 11.9. The van der Waals surface area contributed by atoms with Gasteiger partial charge in [0.15, 0.2) is 11.5 Å². The molecule has 15 heavy (non-hydrogen) atoms. The minimum atomic E-state index is 0.227. The van der Waals surface area contributed by atoms with Crippen molar-refractivity contribution in [2.45, 2.75) is 33.6 Å². The highest BCUT2D eigenvalue weighted by atomic mass is 16.5. The molecule has 0 saturated carbocycles. The molecular weight excluding hydrogens is 188 g/mol. The summed E-state index contributed by atoms with van der Waals surface area (Å²) in [5, 5.41) is 9.52. The van der Waals surface area contributed by atoms with Crippen molar-refractivity contribution in [1.29, 1.82) is 0 Å². The van der Waals surface area contributed by atoms with Gasteiger partial charge < -0.3 is 9.84 Å². The van der Waals surface area contributed by atoms with E-state index < -0.39 is 0 Å². The molecule has 0 fully saturated rings. The van der Waals surface area contributed by atoms with E-state index in [1.165, 1.54) is 5.56 Å². The van der Waals surface area contributed by atoms with Gasteiger partial charge in [-0.15, -0.1) is 0 Å². The van der Waals surface area contributed by atoms with Crippen LogP contribution >= 0.6 is 0 Å². The number of aryl methyl sites for hydroxylation is 1. The maximum Gasteiger partial charge on any atom is 0.161 e. The molecule has 0 saturated heterocycles. The van der Waals surface area contributed by atoms with Crippen molar-refractivity contribution in [3.05, 3.63) is 23.8 Å². The molecule has 1 N–H and O–H groups in total. The smallest absolute Gasteiger partial charge is 0.161 e. The summed E-state index contributed by atoms with van der Waals surface area (Å²) in [7, 11) is 0. The average molecular weight is 208 g/mol. The summed E-state index contributed by atoms with van der Waals surface area (Å²) in [4.78, 5) is 0. The maximum atomic E-state index is 9.52. The molecule has 1 rings (SSSR count). The fourth-order valence-electron chi connectivity index (χ4n) is 1.44. The topological polar surface area (TPSA) is 29.5 Å². The number of hydrogen-bond donors (Lipinski definition) is 1. The summed E-state index contributed by atoms with van der Waals surface area (Å²) in [6.45, 7) is 6.93. The Labute approximate surface area is 91.9 Å². The second-order valence-electron chi connectivity index (χ2n) is 4.17. The Morgan fingerprint density at radius 3 is 2.67 bits per heavy atom. The van der Waals surface area contributed by atoms with Crippen LogP contribution in [0.2, 0.25) is 0 Å². The molecule has 0 heterocycles. The predicted octanol–water partition coefficient (Wildman–Crippen LogP) is 3.38. The number of rotatable bonds is 5. The van der Waals surface area contributed by atoms with E-state index in [-0.39, 0.29) is 5.75 Å². The van der Waals surface area contributed by atoms with E-state index in [1.807, 2.05) is 19.1 Å². The summed E-state index contributed by atoms with van der Waals surface area (Å²) in [6, 6.07) is 5.60. The first-order valence-electron chi connectivity index (χ1n) is 5.58. The van der Waals surface area contributed by atoms with Gasteiger partial charge in [-0.05, 0) is 43.4 Å². The normalized spacial score (nSPS) is 10.7. The number of ether oxygens (including phenoxy) is 1. The lowest BCUT2D eigenvalue weighted by molar-refractivity contribution is 0.317. The Hall–Kier alpha value is -1.18.